The molecule has 18 heavy (non-hydrogen) atoms. The standard InChI is InChI=1S/C12H5F5O/c13-6-1-3-7(4-2-6)18-12-10(16)8(14)5-9(15)11(12)17/h1-5H. The van der Waals surface area contributed by atoms with Crippen molar-refractivity contribution in [1.82, 2.24) is 0 Å². The molecular weight excluding hydrogens is 255 g/mol. The van der Waals surface area contributed by atoms with Crippen molar-refractivity contribution in [2.45, 2.75) is 0 Å². The van der Waals surface area contributed by atoms with Crippen molar-refractivity contribution in [2.75, 3.05) is 0 Å². The van der Waals surface area contributed by atoms with Gasteiger partial charge in [-0.05, 0) is 24.3 Å². The molecule has 0 fully saturated rings. The second-order valence-electron chi connectivity index (χ2n) is 3.35. The summed E-state index contributed by atoms with van der Waals surface area (Å²) in [5, 5.41) is 0. The maximum absolute atomic E-state index is 13.2. The number of benzene rings is 2. The van der Waals surface area contributed by atoms with Crippen molar-refractivity contribution in [3.63, 3.8) is 0 Å². The molecule has 1 nitrogen and oxygen atoms in total. The van der Waals surface area contributed by atoms with Gasteiger partial charge in [0.15, 0.2) is 11.6 Å². The van der Waals surface area contributed by atoms with E-state index in [-0.39, 0.29) is 11.8 Å². The fourth-order valence-corrected chi connectivity index (χ4v) is 1.26. The topological polar surface area (TPSA) is 9.23 Å². The highest BCUT2D eigenvalue weighted by atomic mass is 19.2. The monoisotopic (exact) mass is 260 g/mol. The van der Waals surface area contributed by atoms with Crippen LogP contribution in [0.1, 0.15) is 0 Å². The molecule has 0 heterocycles. The second-order valence-corrected chi connectivity index (χ2v) is 3.35. The van der Waals surface area contributed by atoms with Crippen LogP contribution in [-0.4, -0.2) is 0 Å². The Morgan fingerprint density at radius 3 is 1.72 bits per heavy atom. The third-order valence-corrected chi connectivity index (χ3v) is 2.11. The van der Waals surface area contributed by atoms with Gasteiger partial charge < -0.3 is 4.74 Å². The Morgan fingerprint density at radius 1 is 0.722 bits per heavy atom. The average Bonchev–Trinajstić information content (AvgIpc) is 2.34. The fourth-order valence-electron chi connectivity index (χ4n) is 1.26. The Labute approximate surface area is 98.4 Å². The first-order chi connectivity index (χ1) is 8.49. The molecule has 0 saturated carbocycles. The summed E-state index contributed by atoms with van der Waals surface area (Å²) in [6.45, 7) is 0. The van der Waals surface area contributed by atoms with Gasteiger partial charge in [0, 0.05) is 6.07 Å². The molecule has 0 unspecified atom stereocenters. The van der Waals surface area contributed by atoms with Crippen molar-refractivity contribution in [3.05, 3.63) is 59.4 Å². The van der Waals surface area contributed by atoms with Gasteiger partial charge in [0.25, 0.3) is 0 Å². The van der Waals surface area contributed by atoms with Gasteiger partial charge in [-0.25, -0.2) is 13.2 Å². The summed E-state index contributed by atoms with van der Waals surface area (Å²) in [6, 6.07) is 4.15. The highest BCUT2D eigenvalue weighted by Gasteiger charge is 2.21. The molecule has 0 aliphatic rings. The first-order valence-corrected chi connectivity index (χ1v) is 4.75. The molecule has 0 radical (unpaired) electrons. The summed E-state index contributed by atoms with van der Waals surface area (Å²) >= 11 is 0. The third-order valence-electron chi connectivity index (χ3n) is 2.11. The number of ether oxygens (including phenoxy) is 1. The van der Waals surface area contributed by atoms with E-state index >= 15 is 0 Å². The maximum atomic E-state index is 13.2. The van der Waals surface area contributed by atoms with E-state index in [2.05, 4.69) is 4.74 Å². The lowest BCUT2D eigenvalue weighted by molar-refractivity contribution is 0.365. The van der Waals surface area contributed by atoms with Crippen LogP contribution in [0, 0.1) is 29.1 Å². The number of hydrogen-bond donors (Lipinski definition) is 0. The van der Waals surface area contributed by atoms with Crippen LogP contribution in [-0.2, 0) is 0 Å². The van der Waals surface area contributed by atoms with E-state index in [1.54, 1.807) is 0 Å². The van der Waals surface area contributed by atoms with E-state index in [9.17, 15) is 22.0 Å². The molecule has 0 N–H and O–H groups in total. The molecule has 0 amide bonds. The van der Waals surface area contributed by atoms with Crippen molar-refractivity contribution in [3.8, 4) is 11.5 Å². The van der Waals surface area contributed by atoms with Crippen LogP contribution in [0.25, 0.3) is 0 Å². The SMILES string of the molecule is Fc1ccc(Oc2c(F)c(F)cc(F)c2F)cc1. The van der Waals surface area contributed by atoms with Crippen molar-refractivity contribution >= 4 is 0 Å². The van der Waals surface area contributed by atoms with E-state index in [1.165, 1.54) is 0 Å². The highest BCUT2D eigenvalue weighted by molar-refractivity contribution is 5.34. The average molecular weight is 260 g/mol. The van der Waals surface area contributed by atoms with Crippen LogP contribution in [0.3, 0.4) is 0 Å². The molecule has 0 aromatic heterocycles. The van der Waals surface area contributed by atoms with Gasteiger partial charge in [0.2, 0.25) is 17.4 Å². The molecule has 2 aromatic carbocycles. The van der Waals surface area contributed by atoms with Crippen LogP contribution in [0.5, 0.6) is 11.5 Å². The van der Waals surface area contributed by atoms with Gasteiger partial charge in [-0.2, -0.15) is 8.78 Å². The molecule has 94 valence electrons. The number of hydrogen-bond acceptors (Lipinski definition) is 1. The molecule has 0 saturated heterocycles. The lowest BCUT2D eigenvalue weighted by atomic mass is 10.3. The normalized spacial score (nSPS) is 10.5. The quantitative estimate of drug-likeness (QED) is 0.581. The first-order valence-electron chi connectivity index (χ1n) is 4.75. The van der Waals surface area contributed by atoms with Gasteiger partial charge in [-0.1, -0.05) is 0 Å². The van der Waals surface area contributed by atoms with E-state index < -0.39 is 34.8 Å². The van der Waals surface area contributed by atoms with Gasteiger partial charge in [-0.3, -0.25) is 0 Å². The van der Waals surface area contributed by atoms with Gasteiger partial charge >= 0.3 is 0 Å². The fraction of sp³-hybridized carbons (Fsp3) is 0. The molecule has 0 bridgehead atoms. The molecular formula is C12H5F5O. The molecule has 0 atom stereocenters. The number of halogens is 5. The van der Waals surface area contributed by atoms with E-state index in [0.29, 0.717) is 0 Å². The molecule has 0 spiro atoms. The van der Waals surface area contributed by atoms with Gasteiger partial charge in [0.05, 0.1) is 0 Å². The lowest BCUT2D eigenvalue weighted by Crippen LogP contribution is -1.99. The highest BCUT2D eigenvalue weighted by Crippen LogP contribution is 2.30. The van der Waals surface area contributed by atoms with Crippen LogP contribution in [0.2, 0.25) is 0 Å². The van der Waals surface area contributed by atoms with Gasteiger partial charge in [-0.15, -0.1) is 0 Å². The van der Waals surface area contributed by atoms with Crippen LogP contribution in [0.15, 0.2) is 30.3 Å². The predicted molar refractivity (Wildman–Crippen MR) is 52.7 cm³/mol. The zero-order valence-electron chi connectivity index (χ0n) is 8.68. The molecule has 0 aliphatic heterocycles. The molecule has 6 heteroatoms. The van der Waals surface area contributed by atoms with Crippen LogP contribution < -0.4 is 4.74 Å². The Hall–Kier alpha value is -2.11. The van der Waals surface area contributed by atoms with Crippen LogP contribution in [0.4, 0.5) is 22.0 Å². The van der Waals surface area contributed by atoms with Crippen molar-refractivity contribution in [2.24, 2.45) is 0 Å². The van der Waals surface area contributed by atoms with Crippen molar-refractivity contribution in [1.29, 1.82) is 0 Å². The summed E-state index contributed by atoms with van der Waals surface area (Å²) in [5.74, 6) is -8.42. The predicted octanol–water partition coefficient (Wildman–Crippen LogP) is 4.17. The zero-order chi connectivity index (χ0) is 13.3. The summed E-state index contributed by atoms with van der Waals surface area (Å²) < 4.78 is 69.4. The third kappa shape index (κ3) is 2.27. The largest absolute Gasteiger partial charge is 0.451 e. The lowest BCUT2D eigenvalue weighted by Gasteiger charge is -2.08. The maximum Gasteiger partial charge on any atom is 0.204 e. The van der Waals surface area contributed by atoms with Crippen LogP contribution >= 0.6 is 0 Å². The minimum absolute atomic E-state index is 0.0716. The Bertz CT molecular complexity index is 554. The summed E-state index contributed by atoms with van der Waals surface area (Å²) in [7, 11) is 0. The van der Waals surface area contributed by atoms with E-state index in [4.69, 9.17) is 0 Å². The van der Waals surface area contributed by atoms with E-state index in [1.807, 2.05) is 0 Å². The summed E-state index contributed by atoms with van der Waals surface area (Å²) in [6.07, 6.45) is 0. The molecule has 2 aromatic rings. The van der Waals surface area contributed by atoms with Crippen molar-refractivity contribution < 1.29 is 26.7 Å². The smallest absolute Gasteiger partial charge is 0.204 e. The first kappa shape index (κ1) is 12.3. The Kier molecular flexibility index (Phi) is 3.18. The minimum atomic E-state index is -1.65. The molecule has 2 rings (SSSR count). The summed E-state index contributed by atoms with van der Waals surface area (Å²) in [4.78, 5) is 0. The Morgan fingerprint density at radius 2 is 1.22 bits per heavy atom. The summed E-state index contributed by atoms with van der Waals surface area (Å²) in [5.41, 5.74) is 0. The molecule has 0 aliphatic carbocycles. The van der Waals surface area contributed by atoms with E-state index in [0.717, 1.165) is 24.3 Å². The Balaban J connectivity index is 2.42. The van der Waals surface area contributed by atoms with Gasteiger partial charge in [0.1, 0.15) is 11.6 Å². The number of rotatable bonds is 2. The second kappa shape index (κ2) is 4.64. The minimum Gasteiger partial charge on any atom is -0.451 e. The zero-order valence-corrected chi connectivity index (χ0v) is 8.68.